The minimum atomic E-state index is -1.11. The Bertz CT molecular complexity index is 298. The van der Waals surface area contributed by atoms with E-state index in [1.807, 2.05) is 0 Å². The fourth-order valence-corrected chi connectivity index (χ4v) is 1.90. The molecule has 0 aliphatic carbocycles. The van der Waals surface area contributed by atoms with Crippen molar-refractivity contribution in [3.05, 3.63) is 0 Å². The van der Waals surface area contributed by atoms with E-state index in [1.165, 1.54) is 14.0 Å². The normalized spacial score (nSPS) is 11.7. The van der Waals surface area contributed by atoms with E-state index in [0.717, 1.165) is 11.8 Å². The maximum Gasteiger partial charge on any atom is 0.327 e. The molecule has 104 valence electrons. The molecule has 18 heavy (non-hydrogen) atoms. The first-order chi connectivity index (χ1) is 8.47. The Morgan fingerprint density at radius 3 is 2.56 bits per heavy atom. The summed E-state index contributed by atoms with van der Waals surface area (Å²) in [6.45, 7) is 2.10. The number of carbonyl (C=O) groups is 3. The Kier molecular flexibility index (Phi) is 9.03. The Labute approximate surface area is 110 Å². The fraction of sp³-hybridized carbons (Fsp3) is 0.700. The molecule has 0 saturated heterocycles. The molecule has 0 aliphatic rings. The van der Waals surface area contributed by atoms with Crippen molar-refractivity contribution in [2.75, 3.05) is 31.8 Å². The molecule has 0 aliphatic heterocycles. The van der Waals surface area contributed by atoms with E-state index in [4.69, 9.17) is 9.84 Å². The van der Waals surface area contributed by atoms with Gasteiger partial charge in [-0.25, -0.2) is 4.79 Å². The maximum absolute atomic E-state index is 11.3. The predicted octanol–water partition coefficient (Wildman–Crippen LogP) is -0.928. The number of carboxylic acids is 1. The molecule has 0 radical (unpaired) electrons. The molecule has 1 atom stereocenters. The van der Waals surface area contributed by atoms with Crippen LogP contribution >= 0.6 is 11.8 Å². The Morgan fingerprint density at radius 1 is 1.39 bits per heavy atom. The third-order valence-electron chi connectivity index (χ3n) is 1.82. The first-order valence-electron chi connectivity index (χ1n) is 5.30. The summed E-state index contributed by atoms with van der Waals surface area (Å²) in [6, 6.07) is -0.973. The summed E-state index contributed by atoms with van der Waals surface area (Å²) in [5.74, 6) is -1.42. The molecule has 0 fully saturated rings. The molecular weight excluding hydrogens is 260 g/mol. The zero-order valence-corrected chi connectivity index (χ0v) is 11.2. The lowest BCUT2D eigenvalue weighted by Gasteiger charge is -2.12. The van der Waals surface area contributed by atoms with E-state index in [2.05, 4.69) is 10.6 Å². The molecule has 0 spiro atoms. The van der Waals surface area contributed by atoms with Crippen LogP contribution < -0.4 is 10.6 Å². The van der Waals surface area contributed by atoms with Crippen LogP contribution in [0.4, 0.5) is 0 Å². The molecule has 2 amide bonds. The molecular formula is C10H18N2O5S. The van der Waals surface area contributed by atoms with Crippen molar-refractivity contribution >= 4 is 29.5 Å². The van der Waals surface area contributed by atoms with Crippen LogP contribution in [-0.4, -0.2) is 60.7 Å². The number of methoxy groups -OCH3 is 1. The van der Waals surface area contributed by atoms with Gasteiger partial charge in [0.05, 0.1) is 12.4 Å². The molecule has 0 aromatic carbocycles. The highest BCUT2D eigenvalue weighted by atomic mass is 32.2. The van der Waals surface area contributed by atoms with Gasteiger partial charge in [-0.15, -0.1) is 11.8 Å². The second-order valence-corrected chi connectivity index (χ2v) is 4.48. The van der Waals surface area contributed by atoms with Gasteiger partial charge in [-0.1, -0.05) is 0 Å². The Morgan fingerprint density at radius 2 is 2.06 bits per heavy atom. The zero-order chi connectivity index (χ0) is 14.0. The fourth-order valence-electron chi connectivity index (χ4n) is 1.03. The summed E-state index contributed by atoms with van der Waals surface area (Å²) in [6.07, 6.45) is 0. The molecule has 0 rings (SSSR count). The van der Waals surface area contributed by atoms with Crippen molar-refractivity contribution in [1.29, 1.82) is 0 Å². The molecule has 0 bridgehead atoms. The zero-order valence-electron chi connectivity index (χ0n) is 10.4. The summed E-state index contributed by atoms with van der Waals surface area (Å²) < 4.78 is 4.76. The monoisotopic (exact) mass is 278 g/mol. The highest BCUT2D eigenvalue weighted by Crippen LogP contribution is 2.03. The Balaban J connectivity index is 3.81. The van der Waals surface area contributed by atoms with Crippen molar-refractivity contribution in [2.45, 2.75) is 13.0 Å². The van der Waals surface area contributed by atoms with E-state index in [9.17, 15) is 14.4 Å². The molecule has 0 heterocycles. The lowest BCUT2D eigenvalue weighted by Crippen LogP contribution is -2.41. The van der Waals surface area contributed by atoms with Gasteiger partial charge in [-0.2, -0.15) is 0 Å². The molecule has 0 aromatic rings. The van der Waals surface area contributed by atoms with E-state index < -0.39 is 17.9 Å². The SMILES string of the molecule is COCCNC(=O)CSCC(NC(C)=O)C(=O)O. The molecule has 0 aromatic heterocycles. The molecule has 3 N–H and O–H groups in total. The second kappa shape index (κ2) is 9.72. The number of thioether (sulfide) groups is 1. The lowest BCUT2D eigenvalue weighted by atomic mass is 10.3. The minimum Gasteiger partial charge on any atom is -0.480 e. The number of carbonyl (C=O) groups excluding carboxylic acids is 2. The van der Waals surface area contributed by atoms with E-state index in [-0.39, 0.29) is 17.4 Å². The molecule has 0 saturated carbocycles. The van der Waals surface area contributed by atoms with Crippen LogP contribution in [-0.2, 0) is 19.1 Å². The number of hydrogen-bond donors (Lipinski definition) is 3. The topological polar surface area (TPSA) is 105 Å². The number of carboxylic acid groups (broad SMARTS) is 1. The van der Waals surface area contributed by atoms with Crippen LogP contribution in [0.1, 0.15) is 6.92 Å². The average Bonchev–Trinajstić information content (AvgIpc) is 2.27. The first kappa shape index (κ1) is 16.7. The van der Waals surface area contributed by atoms with E-state index >= 15 is 0 Å². The van der Waals surface area contributed by atoms with Gasteiger partial charge in [0.1, 0.15) is 6.04 Å². The molecule has 1 unspecified atom stereocenters. The second-order valence-electron chi connectivity index (χ2n) is 3.45. The van der Waals surface area contributed by atoms with E-state index in [0.29, 0.717) is 13.2 Å². The minimum absolute atomic E-state index is 0.145. The summed E-state index contributed by atoms with van der Waals surface area (Å²) >= 11 is 1.15. The van der Waals surface area contributed by atoms with Crippen LogP contribution in [0.3, 0.4) is 0 Å². The highest BCUT2D eigenvalue weighted by Gasteiger charge is 2.18. The quantitative estimate of drug-likeness (QED) is 0.471. The third kappa shape index (κ3) is 8.82. The van der Waals surface area contributed by atoms with Gasteiger partial charge in [-0.3, -0.25) is 9.59 Å². The lowest BCUT2D eigenvalue weighted by molar-refractivity contribution is -0.140. The van der Waals surface area contributed by atoms with Crippen molar-refractivity contribution in [1.82, 2.24) is 10.6 Å². The van der Waals surface area contributed by atoms with Gasteiger partial charge in [0.15, 0.2) is 0 Å². The number of hydrogen-bond acceptors (Lipinski definition) is 5. The van der Waals surface area contributed by atoms with Crippen LogP contribution in [0.15, 0.2) is 0 Å². The van der Waals surface area contributed by atoms with Gasteiger partial charge >= 0.3 is 5.97 Å². The summed E-state index contributed by atoms with van der Waals surface area (Å²) in [5, 5.41) is 13.7. The third-order valence-corrected chi connectivity index (χ3v) is 2.86. The van der Waals surface area contributed by atoms with Gasteiger partial charge in [0.2, 0.25) is 11.8 Å². The van der Waals surface area contributed by atoms with Crippen molar-refractivity contribution < 1.29 is 24.2 Å². The summed E-state index contributed by atoms with van der Waals surface area (Å²) in [4.78, 5) is 32.8. The van der Waals surface area contributed by atoms with Crippen LogP contribution in [0.2, 0.25) is 0 Å². The van der Waals surface area contributed by atoms with Gasteiger partial charge in [0, 0.05) is 26.3 Å². The standard InChI is InChI=1S/C10H18N2O5S/c1-7(13)12-8(10(15)16)5-18-6-9(14)11-3-4-17-2/h8H,3-6H2,1-2H3,(H,11,14)(H,12,13)(H,15,16). The number of nitrogens with one attached hydrogen (secondary N) is 2. The van der Waals surface area contributed by atoms with Crippen LogP contribution in [0, 0.1) is 0 Å². The number of amides is 2. The number of rotatable bonds is 9. The molecule has 8 heteroatoms. The summed E-state index contributed by atoms with van der Waals surface area (Å²) in [7, 11) is 1.53. The van der Waals surface area contributed by atoms with E-state index in [1.54, 1.807) is 0 Å². The Hall–Kier alpha value is -1.28. The smallest absolute Gasteiger partial charge is 0.327 e. The largest absolute Gasteiger partial charge is 0.480 e. The number of aliphatic carboxylic acids is 1. The maximum atomic E-state index is 11.3. The van der Waals surface area contributed by atoms with Crippen molar-refractivity contribution in [2.24, 2.45) is 0 Å². The van der Waals surface area contributed by atoms with Crippen molar-refractivity contribution in [3.63, 3.8) is 0 Å². The van der Waals surface area contributed by atoms with Gasteiger partial charge in [0.25, 0.3) is 0 Å². The average molecular weight is 278 g/mol. The van der Waals surface area contributed by atoms with Gasteiger partial charge < -0.3 is 20.5 Å². The highest BCUT2D eigenvalue weighted by molar-refractivity contribution is 8.00. The van der Waals surface area contributed by atoms with Crippen LogP contribution in [0.25, 0.3) is 0 Å². The summed E-state index contributed by atoms with van der Waals surface area (Å²) in [5.41, 5.74) is 0. The van der Waals surface area contributed by atoms with Gasteiger partial charge in [-0.05, 0) is 0 Å². The van der Waals surface area contributed by atoms with Crippen molar-refractivity contribution in [3.8, 4) is 0 Å². The predicted molar refractivity (Wildman–Crippen MR) is 67.5 cm³/mol. The first-order valence-corrected chi connectivity index (χ1v) is 6.46. The molecule has 7 nitrogen and oxygen atoms in total. The number of ether oxygens (including phenoxy) is 1. The van der Waals surface area contributed by atoms with Crippen LogP contribution in [0.5, 0.6) is 0 Å².